The minimum absolute atomic E-state index is 0. The molecule has 2 aromatic carbocycles. The van der Waals surface area contributed by atoms with Gasteiger partial charge in [-0.25, -0.2) is 0 Å². The summed E-state index contributed by atoms with van der Waals surface area (Å²) >= 11 is 0. The van der Waals surface area contributed by atoms with Crippen molar-refractivity contribution in [1.29, 1.82) is 0 Å². The van der Waals surface area contributed by atoms with Gasteiger partial charge in [0.05, 0.1) is 14.2 Å². The van der Waals surface area contributed by atoms with E-state index in [1.807, 2.05) is 24.3 Å². The van der Waals surface area contributed by atoms with Gasteiger partial charge < -0.3 is 19.7 Å². The smallest absolute Gasteiger partial charge is 0.598 e. The van der Waals surface area contributed by atoms with E-state index < -0.39 is 0 Å². The van der Waals surface area contributed by atoms with Gasteiger partial charge in [-0.15, -0.1) is 0 Å². The summed E-state index contributed by atoms with van der Waals surface area (Å²) in [6.07, 6.45) is 9.88. The second-order valence-electron chi connectivity index (χ2n) is 10.7. The molecule has 0 saturated carbocycles. The van der Waals surface area contributed by atoms with Gasteiger partial charge in [0.15, 0.2) is 11.1 Å². The van der Waals surface area contributed by atoms with Crippen LogP contribution in [0.25, 0.3) is 11.1 Å². The molecule has 0 amide bonds. The summed E-state index contributed by atoms with van der Waals surface area (Å²) in [5.74, 6) is 2.20. The van der Waals surface area contributed by atoms with Crippen LogP contribution in [-0.2, 0) is 29.9 Å². The maximum absolute atomic E-state index is 10.0. The number of ketones is 2. The van der Waals surface area contributed by atoms with Crippen molar-refractivity contribution in [3.63, 3.8) is 0 Å². The Balaban J connectivity index is 0.000000176. The Bertz CT molecular complexity index is 1370. The van der Waals surface area contributed by atoms with E-state index in [1.165, 1.54) is 23.7 Å². The van der Waals surface area contributed by atoms with Crippen molar-refractivity contribution in [3.05, 3.63) is 94.5 Å². The molecule has 6 rings (SSSR count). The molecule has 7 heteroatoms. The molecule has 4 aliphatic carbocycles. The zero-order chi connectivity index (χ0) is 27.2. The number of ether oxygens (including phenoxy) is 2. The fourth-order valence-corrected chi connectivity index (χ4v) is 6.46. The summed E-state index contributed by atoms with van der Waals surface area (Å²) in [5, 5.41) is 15.1. The van der Waals surface area contributed by atoms with Crippen LogP contribution in [0, 0.1) is 10.8 Å². The van der Waals surface area contributed by atoms with Crippen LogP contribution in [-0.4, -0.2) is 45.6 Å². The van der Waals surface area contributed by atoms with Gasteiger partial charge in [-0.3, -0.25) is 9.59 Å². The van der Waals surface area contributed by atoms with Crippen LogP contribution in [0.1, 0.15) is 48.9 Å². The first kappa shape index (κ1) is 28.5. The number of rotatable bonds is 2. The van der Waals surface area contributed by atoms with Gasteiger partial charge in [0.1, 0.15) is 11.5 Å². The Hall–Kier alpha value is -3.54. The van der Waals surface area contributed by atoms with Crippen molar-refractivity contribution < 1.29 is 46.3 Å². The molecular weight excluding hydrogens is 544 g/mol. The Labute approximate surface area is 239 Å². The molecule has 39 heavy (non-hydrogen) atoms. The zero-order valence-corrected chi connectivity index (χ0v) is 23.6. The molecule has 0 bridgehead atoms. The molecule has 0 aliphatic heterocycles. The second-order valence-corrected chi connectivity index (χ2v) is 10.7. The molecule has 4 aliphatic rings. The largest absolute Gasteiger partial charge is 2.00 e. The molecule has 205 valence electrons. The van der Waals surface area contributed by atoms with E-state index in [0.717, 1.165) is 70.6 Å². The van der Waals surface area contributed by atoms with Crippen molar-refractivity contribution >= 4 is 22.7 Å². The van der Waals surface area contributed by atoms with Crippen LogP contribution >= 0.6 is 0 Å². The Kier molecular flexibility index (Phi) is 7.70. The third-order valence-electron chi connectivity index (χ3n) is 8.77. The maximum atomic E-state index is 10.0. The Morgan fingerprint density at radius 3 is 1.44 bits per heavy atom. The predicted molar refractivity (Wildman–Crippen MR) is 152 cm³/mol. The molecule has 2 aromatic rings. The van der Waals surface area contributed by atoms with Crippen LogP contribution in [0.3, 0.4) is 0 Å². The molecule has 0 saturated heterocycles. The van der Waals surface area contributed by atoms with E-state index >= 15 is 0 Å². The van der Waals surface area contributed by atoms with E-state index in [4.69, 9.17) is 19.7 Å². The zero-order valence-electron chi connectivity index (χ0n) is 22.6. The number of carbonyl (C=O) groups excluding carboxylic acids is 2. The van der Waals surface area contributed by atoms with Gasteiger partial charge in [-0.05, 0) is 83.3 Å². The number of aryl methyl sites for hydroxylation is 2. The SMILES string of the molecule is COc1ccc2c(c1)CCC1(C)C(=C[OH2+])C(=[OH+])C=C21.COc1ccc2c(c1)CCC1(C)C(=C[OH2+])C(=[OH+])C=C21.[Cu+2]. The van der Waals surface area contributed by atoms with E-state index in [9.17, 15) is 9.59 Å². The van der Waals surface area contributed by atoms with Crippen LogP contribution in [0.5, 0.6) is 11.5 Å². The van der Waals surface area contributed by atoms with Gasteiger partial charge in [0.2, 0.25) is 12.5 Å². The number of fused-ring (bicyclic) bond motifs is 6. The fourth-order valence-electron chi connectivity index (χ4n) is 6.46. The first-order valence-electron chi connectivity index (χ1n) is 12.9. The summed E-state index contributed by atoms with van der Waals surface area (Å²) in [7, 11) is 3.34. The molecule has 2 unspecified atom stereocenters. The van der Waals surface area contributed by atoms with Crippen molar-refractivity contribution in [3.8, 4) is 11.5 Å². The van der Waals surface area contributed by atoms with Gasteiger partial charge >= 0.3 is 28.6 Å². The molecule has 6 N–H and O–H groups in total. The van der Waals surface area contributed by atoms with E-state index in [-0.39, 0.29) is 39.5 Å². The van der Waals surface area contributed by atoms with Crippen LogP contribution in [0.15, 0.2) is 72.2 Å². The molecular formula is C32H36CuO6+6. The standard InChI is InChI=1S/2C16H16O3.Cu/c2*1-16-6-5-10-7-11(19-2)3-4-12(10)13(16)8-15(18)14(16)9-17;/h2*3-4,7-9,17H,5-6H2,1-2H3;/q;;+2/p+4. The van der Waals surface area contributed by atoms with Crippen LogP contribution in [0.4, 0.5) is 0 Å². The summed E-state index contributed by atoms with van der Waals surface area (Å²) in [5.41, 5.74) is 8.06. The van der Waals surface area contributed by atoms with Crippen molar-refractivity contribution in [1.82, 2.24) is 0 Å². The summed E-state index contributed by atoms with van der Waals surface area (Å²) in [6.45, 7) is 4.21. The normalized spacial score (nSPS) is 26.3. The Morgan fingerprint density at radius 2 is 1.10 bits per heavy atom. The average molecular weight is 580 g/mol. The first-order chi connectivity index (χ1) is 18.2. The third-order valence-corrected chi connectivity index (χ3v) is 8.77. The number of benzene rings is 2. The second kappa shape index (κ2) is 10.6. The molecule has 6 nitrogen and oxygen atoms in total. The molecule has 0 aromatic heterocycles. The number of hydrogen-bond donors (Lipinski definition) is 0. The summed E-state index contributed by atoms with van der Waals surface area (Å²) < 4.78 is 10.5. The van der Waals surface area contributed by atoms with Gasteiger partial charge in [0.25, 0.3) is 0 Å². The fraction of sp³-hybridized carbons (Fsp3) is 0.312. The molecule has 2 atom stereocenters. The van der Waals surface area contributed by atoms with Crippen molar-refractivity contribution in [2.24, 2.45) is 10.8 Å². The van der Waals surface area contributed by atoms with Crippen LogP contribution < -0.4 is 9.47 Å². The summed E-state index contributed by atoms with van der Waals surface area (Å²) in [6, 6.07) is 12.1. The minimum atomic E-state index is -0.229. The van der Waals surface area contributed by atoms with Crippen molar-refractivity contribution in [2.75, 3.05) is 14.2 Å². The molecule has 0 spiro atoms. The first-order valence-corrected chi connectivity index (χ1v) is 12.9. The van der Waals surface area contributed by atoms with Gasteiger partial charge in [0, 0.05) is 23.0 Å². The Morgan fingerprint density at radius 1 is 0.718 bits per heavy atom. The van der Waals surface area contributed by atoms with E-state index in [1.54, 1.807) is 14.2 Å². The third kappa shape index (κ3) is 4.44. The minimum Gasteiger partial charge on any atom is -0.598 e. The van der Waals surface area contributed by atoms with Crippen molar-refractivity contribution in [2.45, 2.75) is 39.5 Å². The maximum Gasteiger partial charge on any atom is 2.00 e. The number of allylic oxidation sites excluding steroid dienone is 6. The predicted octanol–water partition coefficient (Wildman–Crippen LogP) is 4.39. The quantitative estimate of drug-likeness (QED) is 0.228. The molecule has 0 heterocycles. The number of methoxy groups -OCH3 is 2. The average Bonchev–Trinajstić information content (AvgIpc) is 3.35. The topological polar surface area (TPSA) is 107 Å². The van der Waals surface area contributed by atoms with E-state index in [2.05, 4.69) is 38.1 Å². The monoisotopic (exact) mass is 579 g/mol. The van der Waals surface area contributed by atoms with E-state index in [0.29, 0.717) is 0 Å². The molecule has 1 radical (unpaired) electrons. The summed E-state index contributed by atoms with van der Waals surface area (Å²) in [4.78, 5) is 20.1. The number of hydrogen-bond acceptors (Lipinski definition) is 2. The molecule has 0 fully saturated rings. The van der Waals surface area contributed by atoms with Crippen LogP contribution in [0.2, 0.25) is 0 Å². The van der Waals surface area contributed by atoms with Gasteiger partial charge in [-0.1, -0.05) is 26.0 Å². The van der Waals surface area contributed by atoms with Gasteiger partial charge in [-0.2, -0.15) is 0 Å².